The molecule has 0 saturated heterocycles. The molecular formula is C12H17Cl2NO. The minimum Gasteiger partial charge on any atom is -0.396 e. The van der Waals surface area contributed by atoms with Crippen molar-refractivity contribution in [3.8, 4) is 0 Å². The summed E-state index contributed by atoms with van der Waals surface area (Å²) in [5.41, 5.74) is 6.71. The molecule has 2 nitrogen and oxygen atoms in total. The highest BCUT2D eigenvalue weighted by atomic mass is 35.5. The third kappa shape index (κ3) is 2.69. The second-order valence-electron chi connectivity index (χ2n) is 4.31. The maximum absolute atomic E-state index is 9.12. The molecule has 0 aliphatic rings. The largest absolute Gasteiger partial charge is 0.396 e. The van der Waals surface area contributed by atoms with Crippen molar-refractivity contribution in [1.82, 2.24) is 0 Å². The minimum absolute atomic E-state index is 0.0723. The summed E-state index contributed by atoms with van der Waals surface area (Å²) in [6.07, 6.45) is 0.600. The number of nitrogens with two attached hydrogens (primary N) is 1. The van der Waals surface area contributed by atoms with Crippen LogP contribution in [0.2, 0.25) is 10.0 Å². The summed E-state index contributed by atoms with van der Waals surface area (Å²) in [5.74, 6) is 0. The van der Waals surface area contributed by atoms with Gasteiger partial charge in [0.25, 0.3) is 0 Å². The Bertz CT molecular complexity index is 368. The maximum atomic E-state index is 9.12. The van der Waals surface area contributed by atoms with Crippen LogP contribution in [0.3, 0.4) is 0 Å². The van der Waals surface area contributed by atoms with Crippen molar-refractivity contribution in [1.29, 1.82) is 0 Å². The van der Waals surface area contributed by atoms with E-state index < -0.39 is 0 Å². The van der Waals surface area contributed by atoms with Crippen LogP contribution in [-0.2, 0) is 5.41 Å². The van der Waals surface area contributed by atoms with Gasteiger partial charge in [0.15, 0.2) is 0 Å². The lowest BCUT2D eigenvalue weighted by molar-refractivity contribution is 0.229. The molecule has 0 radical (unpaired) electrons. The lowest BCUT2D eigenvalue weighted by Gasteiger charge is -2.34. The van der Waals surface area contributed by atoms with Crippen LogP contribution in [0.25, 0.3) is 0 Å². The molecule has 3 N–H and O–H groups in total. The Labute approximate surface area is 106 Å². The van der Waals surface area contributed by atoms with Gasteiger partial charge in [-0.25, -0.2) is 0 Å². The van der Waals surface area contributed by atoms with Crippen LogP contribution in [0.4, 0.5) is 0 Å². The summed E-state index contributed by atoms with van der Waals surface area (Å²) < 4.78 is 0. The van der Waals surface area contributed by atoms with E-state index in [1.54, 1.807) is 6.07 Å². The number of aliphatic hydroxyl groups is 1. The van der Waals surface area contributed by atoms with Gasteiger partial charge >= 0.3 is 0 Å². The molecule has 1 aromatic carbocycles. The van der Waals surface area contributed by atoms with E-state index >= 15 is 0 Å². The van der Waals surface area contributed by atoms with E-state index in [-0.39, 0.29) is 18.1 Å². The number of rotatable bonds is 4. The van der Waals surface area contributed by atoms with Crippen molar-refractivity contribution >= 4 is 23.2 Å². The fourth-order valence-corrected chi connectivity index (χ4v) is 2.02. The Morgan fingerprint density at radius 3 is 2.44 bits per heavy atom. The van der Waals surface area contributed by atoms with Gasteiger partial charge in [0.2, 0.25) is 0 Å². The van der Waals surface area contributed by atoms with Crippen LogP contribution in [0.5, 0.6) is 0 Å². The second kappa shape index (κ2) is 5.37. The molecule has 0 aliphatic carbocycles. The van der Waals surface area contributed by atoms with Crippen LogP contribution in [0.1, 0.15) is 25.8 Å². The van der Waals surface area contributed by atoms with E-state index in [4.69, 9.17) is 34.0 Å². The Morgan fingerprint density at radius 1 is 1.38 bits per heavy atom. The Morgan fingerprint density at radius 2 is 2.00 bits per heavy atom. The number of aliphatic hydroxyl groups excluding tert-OH is 1. The molecule has 0 fully saturated rings. The van der Waals surface area contributed by atoms with Crippen LogP contribution >= 0.6 is 23.2 Å². The van der Waals surface area contributed by atoms with Crippen molar-refractivity contribution in [3.05, 3.63) is 33.8 Å². The molecule has 0 amide bonds. The topological polar surface area (TPSA) is 46.2 Å². The van der Waals surface area contributed by atoms with Crippen molar-refractivity contribution in [2.24, 2.45) is 5.73 Å². The van der Waals surface area contributed by atoms with E-state index in [0.29, 0.717) is 16.5 Å². The average molecular weight is 262 g/mol. The zero-order chi connectivity index (χ0) is 12.3. The molecule has 90 valence electrons. The quantitative estimate of drug-likeness (QED) is 0.876. The van der Waals surface area contributed by atoms with E-state index in [1.807, 2.05) is 26.0 Å². The standard InChI is InChI=1S/C12H17Cl2NO/c1-8(15)12(2,5-6-16)9-3-4-10(13)11(14)7-9/h3-4,7-8,16H,5-6,15H2,1-2H3. The predicted octanol–water partition coefficient (Wildman–Crippen LogP) is 2.98. The first-order valence-corrected chi connectivity index (χ1v) is 5.99. The maximum Gasteiger partial charge on any atom is 0.0595 e. The molecule has 1 rings (SSSR count). The third-order valence-electron chi connectivity index (χ3n) is 3.22. The summed E-state index contributed by atoms with van der Waals surface area (Å²) >= 11 is 11.9. The second-order valence-corrected chi connectivity index (χ2v) is 5.12. The van der Waals surface area contributed by atoms with Gasteiger partial charge in [-0.15, -0.1) is 0 Å². The number of hydrogen-bond acceptors (Lipinski definition) is 2. The van der Waals surface area contributed by atoms with Gasteiger partial charge in [-0.2, -0.15) is 0 Å². The summed E-state index contributed by atoms with van der Waals surface area (Å²) in [5, 5.41) is 10.2. The summed E-state index contributed by atoms with van der Waals surface area (Å²) in [6, 6.07) is 5.42. The van der Waals surface area contributed by atoms with Gasteiger partial charge in [0.05, 0.1) is 10.0 Å². The molecule has 0 bridgehead atoms. The van der Waals surface area contributed by atoms with Gasteiger partial charge in [0, 0.05) is 18.1 Å². The van der Waals surface area contributed by atoms with Crippen LogP contribution in [0, 0.1) is 0 Å². The highest BCUT2D eigenvalue weighted by molar-refractivity contribution is 6.42. The van der Waals surface area contributed by atoms with E-state index in [9.17, 15) is 0 Å². The minimum atomic E-state index is -0.289. The molecule has 0 spiro atoms. The smallest absolute Gasteiger partial charge is 0.0595 e. The third-order valence-corrected chi connectivity index (χ3v) is 3.95. The predicted molar refractivity (Wildman–Crippen MR) is 69.2 cm³/mol. The number of halogens is 2. The average Bonchev–Trinajstić information content (AvgIpc) is 2.22. The van der Waals surface area contributed by atoms with E-state index in [1.165, 1.54) is 0 Å². The zero-order valence-corrected chi connectivity index (χ0v) is 11.0. The first kappa shape index (κ1) is 13.8. The molecule has 0 heterocycles. The number of benzene rings is 1. The Balaban J connectivity index is 3.16. The van der Waals surface area contributed by atoms with E-state index in [2.05, 4.69) is 0 Å². The van der Waals surface area contributed by atoms with E-state index in [0.717, 1.165) is 5.56 Å². The summed E-state index contributed by atoms with van der Waals surface area (Å²) in [6.45, 7) is 4.05. The van der Waals surface area contributed by atoms with Crippen molar-refractivity contribution < 1.29 is 5.11 Å². The van der Waals surface area contributed by atoms with Crippen LogP contribution < -0.4 is 5.73 Å². The molecule has 0 saturated carbocycles. The van der Waals surface area contributed by atoms with Gasteiger partial charge in [-0.05, 0) is 31.0 Å². The van der Waals surface area contributed by atoms with Gasteiger partial charge in [0.1, 0.15) is 0 Å². The summed E-state index contributed by atoms with van der Waals surface area (Å²) in [7, 11) is 0. The molecule has 2 unspecified atom stereocenters. The molecule has 0 aromatic heterocycles. The Kier molecular flexibility index (Phi) is 4.62. The molecule has 4 heteroatoms. The van der Waals surface area contributed by atoms with Crippen molar-refractivity contribution in [2.45, 2.75) is 31.7 Å². The van der Waals surface area contributed by atoms with Gasteiger partial charge in [-0.3, -0.25) is 0 Å². The normalized spacial score (nSPS) is 16.9. The molecule has 2 atom stereocenters. The van der Waals surface area contributed by atoms with Crippen LogP contribution in [0.15, 0.2) is 18.2 Å². The van der Waals surface area contributed by atoms with Crippen molar-refractivity contribution in [2.75, 3.05) is 6.61 Å². The number of hydrogen-bond donors (Lipinski definition) is 2. The first-order valence-electron chi connectivity index (χ1n) is 5.24. The molecular weight excluding hydrogens is 245 g/mol. The monoisotopic (exact) mass is 261 g/mol. The fourth-order valence-electron chi connectivity index (χ4n) is 1.72. The molecule has 0 aliphatic heterocycles. The first-order chi connectivity index (χ1) is 7.41. The highest BCUT2D eigenvalue weighted by Gasteiger charge is 2.30. The van der Waals surface area contributed by atoms with Gasteiger partial charge in [-0.1, -0.05) is 36.2 Å². The highest BCUT2D eigenvalue weighted by Crippen LogP contribution is 2.34. The Hall–Kier alpha value is -0.280. The molecule has 16 heavy (non-hydrogen) atoms. The lowest BCUT2D eigenvalue weighted by Crippen LogP contribution is -2.41. The zero-order valence-electron chi connectivity index (χ0n) is 9.50. The van der Waals surface area contributed by atoms with Gasteiger partial charge < -0.3 is 10.8 Å². The van der Waals surface area contributed by atoms with Crippen molar-refractivity contribution in [3.63, 3.8) is 0 Å². The lowest BCUT2D eigenvalue weighted by atomic mass is 9.74. The summed E-state index contributed by atoms with van der Waals surface area (Å²) in [4.78, 5) is 0. The van der Waals surface area contributed by atoms with Crippen LogP contribution in [-0.4, -0.2) is 17.8 Å². The fraction of sp³-hybridized carbons (Fsp3) is 0.500. The molecule has 1 aromatic rings. The SMILES string of the molecule is CC(N)C(C)(CCO)c1ccc(Cl)c(Cl)c1.